The van der Waals surface area contributed by atoms with Gasteiger partial charge in [0.2, 0.25) is 0 Å². The lowest BCUT2D eigenvalue weighted by molar-refractivity contribution is -0.145. The van der Waals surface area contributed by atoms with Crippen LogP contribution in [0, 0.1) is 0 Å². The van der Waals surface area contributed by atoms with Crippen LogP contribution in [0.2, 0.25) is 0 Å². The Morgan fingerprint density at radius 1 is 1.32 bits per heavy atom. The van der Waals surface area contributed by atoms with Crippen LogP contribution in [-0.2, 0) is 29.3 Å². The SMILES string of the molecule is Nc1cnn(CC(=O)OCc2ccc(CO)cc2)c1. The van der Waals surface area contributed by atoms with Crippen molar-refractivity contribution in [3.05, 3.63) is 47.8 Å². The molecule has 0 fully saturated rings. The third-order valence-corrected chi connectivity index (χ3v) is 2.55. The van der Waals surface area contributed by atoms with Gasteiger partial charge in [0, 0.05) is 6.20 Å². The fraction of sp³-hybridized carbons (Fsp3) is 0.231. The van der Waals surface area contributed by atoms with Crippen molar-refractivity contribution in [2.75, 3.05) is 5.73 Å². The highest BCUT2D eigenvalue weighted by Gasteiger charge is 2.05. The molecular formula is C13H15N3O3. The molecular weight excluding hydrogens is 246 g/mol. The van der Waals surface area contributed by atoms with Gasteiger partial charge in [-0.2, -0.15) is 5.10 Å². The summed E-state index contributed by atoms with van der Waals surface area (Å²) in [5.41, 5.74) is 7.69. The second-order valence-electron chi connectivity index (χ2n) is 4.11. The van der Waals surface area contributed by atoms with Crippen molar-refractivity contribution in [3.63, 3.8) is 0 Å². The van der Waals surface area contributed by atoms with E-state index in [1.807, 2.05) is 12.1 Å². The first-order chi connectivity index (χ1) is 9.17. The molecule has 1 aromatic carbocycles. The highest BCUT2D eigenvalue weighted by molar-refractivity contribution is 5.69. The molecule has 0 aliphatic rings. The number of ether oxygens (including phenoxy) is 1. The van der Waals surface area contributed by atoms with Gasteiger partial charge in [-0.15, -0.1) is 0 Å². The Morgan fingerprint density at radius 2 is 2.00 bits per heavy atom. The second-order valence-corrected chi connectivity index (χ2v) is 4.11. The third kappa shape index (κ3) is 3.82. The Labute approximate surface area is 110 Å². The number of hydrogen-bond acceptors (Lipinski definition) is 5. The van der Waals surface area contributed by atoms with E-state index < -0.39 is 0 Å². The largest absolute Gasteiger partial charge is 0.459 e. The third-order valence-electron chi connectivity index (χ3n) is 2.55. The Balaban J connectivity index is 1.82. The van der Waals surface area contributed by atoms with Gasteiger partial charge in [0.15, 0.2) is 0 Å². The first kappa shape index (κ1) is 13.1. The quantitative estimate of drug-likeness (QED) is 0.773. The summed E-state index contributed by atoms with van der Waals surface area (Å²) >= 11 is 0. The van der Waals surface area contributed by atoms with Gasteiger partial charge in [-0.3, -0.25) is 9.48 Å². The molecule has 2 aromatic rings. The molecule has 3 N–H and O–H groups in total. The fourth-order valence-electron chi connectivity index (χ4n) is 1.55. The van der Waals surface area contributed by atoms with Gasteiger partial charge in [0.05, 0.1) is 18.5 Å². The zero-order valence-corrected chi connectivity index (χ0v) is 10.3. The monoisotopic (exact) mass is 261 g/mol. The molecule has 0 atom stereocenters. The van der Waals surface area contributed by atoms with Crippen molar-refractivity contribution < 1.29 is 14.6 Å². The minimum Gasteiger partial charge on any atom is -0.459 e. The first-order valence-electron chi connectivity index (χ1n) is 5.79. The topological polar surface area (TPSA) is 90.4 Å². The van der Waals surface area contributed by atoms with Gasteiger partial charge in [-0.05, 0) is 11.1 Å². The molecule has 1 heterocycles. The molecule has 100 valence electrons. The molecule has 6 heteroatoms. The normalized spacial score (nSPS) is 10.4. The summed E-state index contributed by atoms with van der Waals surface area (Å²) in [6, 6.07) is 7.20. The molecule has 19 heavy (non-hydrogen) atoms. The number of nitrogens with zero attached hydrogens (tertiary/aromatic N) is 2. The zero-order valence-electron chi connectivity index (χ0n) is 10.3. The lowest BCUT2D eigenvalue weighted by atomic mass is 10.1. The van der Waals surface area contributed by atoms with Crippen LogP contribution in [0.1, 0.15) is 11.1 Å². The van der Waals surface area contributed by atoms with Crippen LogP contribution >= 0.6 is 0 Å². The number of benzene rings is 1. The van der Waals surface area contributed by atoms with E-state index in [2.05, 4.69) is 5.10 Å². The van der Waals surface area contributed by atoms with E-state index in [4.69, 9.17) is 15.6 Å². The lowest BCUT2D eigenvalue weighted by Crippen LogP contribution is -2.13. The highest BCUT2D eigenvalue weighted by Crippen LogP contribution is 2.06. The van der Waals surface area contributed by atoms with Gasteiger partial charge in [-0.1, -0.05) is 24.3 Å². The predicted molar refractivity (Wildman–Crippen MR) is 68.8 cm³/mol. The van der Waals surface area contributed by atoms with E-state index in [-0.39, 0.29) is 25.7 Å². The van der Waals surface area contributed by atoms with Crippen molar-refractivity contribution >= 4 is 11.7 Å². The number of anilines is 1. The summed E-state index contributed by atoms with van der Waals surface area (Å²) in [5.74, 6) is -0.380. The first-order valence-corrected chi connectivity index (χ1v) is 5.79. The van der Waals surface area contributed by atoms with E-state index in [0.717, 1.165) is 11.1 Å². The molecule has 0 saturated carbocycles. The maximum Gasteiger partial charge on any atom is 0.328 e. The summed E-state index contributed by atoms with van der Waals surface area (Å²) in [7, 11) is 0. The number of rotatable bonds is 5. The van der Waals surface area contributed by atoms with Crippen LogP contribution in [0.25, 0.3) is 0 Å². The van der Waals surface area contributed by atoms with Crippen LogP contribution in [0.3, 0.4) is 0 Å². The van der Waals surface area contributed by atoms with Crippen LogP contribution in [0.15, 0.2) is 36.7 Å². The highest BCUT2D eigenvalue weighted by atomic mass is 16.5. The van der Waals surface area contributed by atoms with Crippen molar-refractivity contribution in [2.24, 2.45) is 0 Å². The Bertz CT molecular complexity index is 549. The minimum absolute atomic E-state index is 0.000782. The van der Waals surface area contributed by atoms with Crippen molar-refractivity contribution in [1.29, 1.82) is 0 Å². The number of aliphatic hydroxyl groups is 1. The number of carbonyl (C=O) groups is 1. The molecule has 0 spiro atoms. The van der Waals surface area contributed by atoms with E-state index in [1.165, 1.54) is 10.9 Å². The van der Waals surface area contributed by atoms with Gasteiger partial charge in [0.1, 0.15) is 13.2 Å². The Hall–Kier alpha value is -2.34. The van der Waals surface area contributed by atoms with Gasteiger partial charge in [0.25, 0.3) is 0 Å². The fourth-order valence-corrected chi connectivity index (χ4v) is 1.55. The number of aromatic nitrogens is 2. The summed E-state index contributed by atoms with van der Waals surface area (Å²) in [6.45, 7) is 0.230. The smallest absolute Gasteiger partial charge is 0.328 e. The molecule has 0 aliphatic heterocycles. The van der Waals surface area contributed by atoms with E-state index in [0.29, 0.717) is 5.69 Å². The van der Waals surface area contributed by atoms with E-state index >= 15 is 0 Å². The van der Waals surface area contributed by atoms with E-state index in [9.17, 15) is 4.79 Å². The molecule has 0 aliphatic carbocycles. The standard InChI is InChI=1S/C13H15N3O3/c14-12-5-15-16(6-12)7-13(18)19-9-11-3-1-10(8-17)2-4-11/h1-6,17H,7-9,14H2. The molecule has 0 amide bonds. The molecule has 1 aromatic heterocycles. The average Bonchev–Trinajstić information content (AvgIpc) is 2.82. The zero-order chi connectivity index (χ0) is 13.7. The minimum atomic E-state index is -0.380. The second kappa shape index (κ2) is 6.01. The number of esters is 1. The van der Waals surface area contributed by atoms with Crippen LogP contribution in [0.5, 0.6) is 0 Å². The Kier molecular flexibility index (Phi) is 4.15. The summed E-state index contributed by atoms with van der Waals surface area (Å²) in [4.78, 5) is 11.6. The number of nitrogen functional groups attached to an aromatic ring is 1. The van der Waals surface area contributed by atoms with Crippen molar-refractivity contribution in [2.45, 2.75) is 19.8 Å². The lowest BCUT2D eigenvalue weighted by Gasteiger charge is -2.05. The molecule has 6 nitrogen and oxygen atoms in total. The van der Waals surface area contributed by atoms with Crippen molar-refractivity contribution in [1.82, 2.24) is 9.78 Å². The summed E-state index contributed by atoms with van der Waals surface area (Å²) < 4.78 is 6.53. The maximum atomic E-state index is 11.6. The van der Waals surface area contributed by atoms with Gasteiger partial charge < -0.3 is 15.6 Å². The van der Waals surface area contributed by atoms with Crippen LogP contribution < -0.4 is 5.73 Å². The number of aliphatic hydroxyl groups excluding tert-OH is 1. The molecule has 0 bridgehead atoms. The van der Waals surface area contributed by atoms with Crippen LogP contribution in [-0.4, -0.2) is 20.9 Å². The number of hydrogen-bond donors (Lipinski definition) is 2. The predicted octanol–water partition coefficient (Wildman–Crippen LogP) is 0.701. The maximum absolute atomic E-state index is 11.6. The number of carbonyl (C=O) groups excluding carboxylic acids is 1. The average molecular weight is 261 g/mol. The summed E-state index contributed by atoms with van der Waals surface area (Å²) in [5, 5.41) is 12.8. The van der Waals surface area contributed by atoms with Gasteiger partial charge >= 0.3 is 5.97 Å². The summed E-state index contributed by atoms with van der Waals surface area (Å²) in [6.07, 6.45) is 3.04. The molecule has 2 rings (SSSR count). The van der Waals surface area contributed by atoms with E-state index in [1.54, 1.807) is 18.3 Å². The molecule has 0 radical (unpaired) electrons. The van der Waals surface area contributed by atoms with Gasteiger partial charge in [-0.25, -0.2) is 0 Å². The van der Waals surface area contributed by atoms with Crippen LogP contribution in [0.4, 0.5) is 5.69 Å². The van der Waals surface area contributed by atoms with Crippen molar-refractivity contribution in [3.8, 4) is 0 Å². The number of nitrogens with two attached hydrogens (primary N) is 1. The Morgan fingerprint density at radius 3 is 2.58 bits per heavy atom. The molecule has 0 unspecified atom stereocenters. The molecule has 0 saturated heterocycles.